The quantitative estimate of drug-likeness (QED) is 0.162. The predicted molar refractivity (Wildman–Crippen MR) is 184 cm³/mol. The summed E-state index contributed by atoms with van der Waals surface area (Å²) in [5, 5.41) is 3.48. The fourth-order valence-corrected chi connectivity index (χ4v) is 6.81. The molecule has 0 aliphatic rings. The summed E-state index contributed by atoms with van der Waals surface area (Å²) >= 11 is 9.74. The molecule has 0 aromatic heterocycles. The number of aryl methyl sites for hydroxylation is 1. The number of hydrogen-bond acceptors (Lipinski definition) is 4. The number of amides is 2. The van der Waals surface area contributed by atoms with E-state index in [2.05, 4.69) is 21.2 Å². The average Bonchev–Trinajstić information content (AvgIpc) is 3.01. The van der Waals surface area contributed by atoms with Crippen molar-refractivity contribution in [2.75, 3.05) is 17.4 Å². The first-order valence-electron chi connectivity index (χ1n) is 14.6. The van der Waals surface area contributed by atoms with Gasteiger partial charge in [0.05, 0.1) is 10.6 Å². The van der Waals surface area contributed by atoms with Crippen LogP contribution in [0.1, 0.15) is 30.5 Å². The first-order valence-corrected chi connectivity index (χ1v) is 17.3. The van der Waals surface area contributed by atoms with Gasteiger partial charge in [-0.15, -0.1) is 0 Å². The molecule has 0 fully saturated rings. The Balaban J connectivity index is 1.80. The lowest BCUT2D eigenvalue weighted by atomic mass is 10.0. The SMILES string of the molecule is Cc1ccc(S(=O)(=O)N(CC(=O)N(Cc2cccc(Cl)c2)C(Cc2ccccc2)C(=O)NCC(C)C)c2cccc(Br)c2)cc1. The fourth-order valence-electron chi connectivity index (χ4n) is 4.81. The van der Waals surface area contributed by atoms with Crippen molar-refractivity contribution in [1.82, 2.24) is 10.2 Å². The van der Waals surface area contributed by atoms with Gasteiger partial charge in [-0.1, -0.05) is 108 Å². The van der Waals surface area contributed by atoms with Gasteiger partial charge in [0.1, 0.15) is 12.6 Å². The Kier molecular flexibility index (Phi) is 11.8. The van der Waals surface area contributed by atoms with E-state index < -0.39 is 28.5 Å². The van der Waals surface area contributed by atoms with Gasteiger partial charge in [-0.25, -0.2) is 8.42 Å². The Morgan fingerprint density at radius 1 is 0.867 bits per heavy atom. The topological polar surface area (TPSA) is 86.8 Å². The Hall–Kier alpha value is -3.66. The van der Waals surface area contributed by atoms with E-state index in [0.717, 1.165) is 15.4 Å². The zero-order valence-corrected chi connectivity index (χ0v) is 28.6. The summed E-state index contributed by atoms with van der Waals surface area (Å²) in [6.07, 6.45) is 0.235. The van der Waals surface area contributed by atoms with E-state index >= 15 is 0 Å². The molecule has 0 saturated heterocycles. The van der Waals surface area contributed by atoms with Crippen LogP contribution >= 0.6 is 27.5 Å². The summed E-state index contributed by atoms with van der Waals surface area (Å²) in [5.74, 6) is -0.667. The number of carbonyl (C=O) groups is 2. The minimum absolute atomic E-state index is 0.0445. The minimum Gasteiger partial charge on any atom is -0.354 e. The maximum absolute atomic E-state index is 14.5. The van der Waals surface area contributed by atoms with Crippen molar-refractivity contribution in [3.05, 3.63) is 129 Å². The normalized spacial score (nSPS) is 12.0. The number of carbonyl (C=O) groups excluding carboxylic acids is 2. The Morgan fingerprint density at radius 2 is 1.53 bits per heavy atom. The Morgan fingerprint density at radius 3 is 2.18 bits per heavy atom. The highest BCUT2D eigenvalue weighted by molar-refractivity contribution is 9.10. The van der Waals surface area contributed by atoms with Crippen molar-refractivity contribution in [2.45, 2.75) is 44.7 Å². The van der Waals surface area contributed by atoms with Gasteiger partial charge in [-0.3, -0.25) is 13.9 Å². The number of hydrogen-bond donors (Lipinski definition) is 1. The third-order valence-corrected chi connectivity index (χ3v) is 9.70. The molecule has 1 N–H and O–H groups in total. The van der Waals surface area contributed by atoms with E-state index in [-0.39, 0.29) is 29.7 Å². The van der Waals surface area contributed by atoms with Crippen LogP contribution in [-0.4, -0.2) is 44.3 Å². The molecule has 2 amide bonds. The summed E-state index contributed by atoms with van der Waals surface area (Å²) in [6.45, 7) is 5.80. The molecular weight excluding hydrogens is 674 g/mol. The zero-order chi connectivity index (χ0) is 32.6. The average molecular weight is 711 g/mol. The summed E-state index contributed by atoms with van der Waals surface area (Å²) in [6, 6.07) is 28.9. The molecule has 0 heterocycles. The van der Waals surface area contributed by atoms with Crippen LogP contribution in [0, 0.1) is 12.8 Å². The van der Waals surface area contributed by atoms with Gasteiger partial charge in [-0.05, 0) is 66.4 Å². The van der Waals surface area contributed by atoms with Crippen molar-refractivity contribution < 1.29 is 18.0 Å². The number of nitrogens with zero attached hydrogens (tertiary/aromatic N) is 2. The highest BCUT2D eigenvalue weighted by atomic mass is 79.9. The molecule has 45 heavy (non-hydrogen) atoms. The van der Waals surface area contributed by atoms with Crippen LogP contribution in [0.5, 0.6) is 0 Å². The first kappa shape index (κ1) is 34.2. The van der Waals surface area contributed by atoms with E-state index in [1.54, 1.807) is 54.6 Å². The summed E-state index contributed by atoms with van der Waals surface area (Å²) in [7, 11) is -4.18. The van der Waals surface area contributed by atoms with Crippen LogP contribution in [-0.2, 0) is 32.6 Å². The summed E-state index contributed by atoms with van der Waals surface area (Å²) in [4.78, 5) is 29.9. The smallest absolute Gasteiger partial charge is 0.264 e. The van der Waals surface area contributed by atoms with Crippen LogP contribution in [0.25, 0.3) is 0 Å². The van der Waals surface area contributed by atoms with E-state index in [1.165, 1.54) is 17.0 Å². The van der Waals surface area contributed by atoms with Gasteiger partial charge in [-0.2, -0.15) is 0 Å². The van der Waals surface area contributed by atoms with Crippen molar-refractivity contribution in [1.29, 1.82) is 0 Å². The molecule has 1 unspecified atom stereocenters. The molecule has 4 rings (SSSR count). The molecule has 10 heteroatoms. The molecule has 0 saturated carbocycles. The second-order valence-corrected chi connectivity index (χ2v) is 14.5. The van der Waals surface area contributed by atoms with E-state index in [9.17, 15) is 18.0 Å². The second kappa shape index (κ2) is 15.6. The number of nitrogens with one attached hydrogen (secondary N) is 1. The molecule has 0 aliphatic heterocycles. The molecular formula is C35H37BrClN3O4S. The van der Waals surface area contributed by atoms with Gasteiger partial charge in [0.2, 0.25) is 11.8 Å². The number of benzene rings is 4. The molecule has 4 aromatic carbocycles. The minimum atomic E-state index is -4.18. The lowest BCUT2D eigenvalue weighted by Gasteiger charge is -2.34. The maximum atomic E-state index is 14.5. The largest absolute Gasteiger partial charge is 0.354 e. The van der Waals surface area contributed by atoms with E-state index in [4.69, 9.17) is 11.6 Å². The first-order chi connectivity index (χ1) is 21.4. The maximum Gasteiger partial charge on any atom is 0.264 e. The third-order valence-electron chi connectivity index (χ3n) is 7.18. The molecule has 4 aromatic rings. The third kappa shape index (κ3) is 9.42. The van der Waals surface area contributed by atoms with E-state index in [1.807, 2.05) is 57.2 Å². The highest BCUT2D eigenvalue weighted by Crippen LogP contribution is 2.28. The van der Waals surface area contributed by atoms with Crippen molar-refractivity contribution in [2.24, 2.45) is 5.92 Å². The Bertz CT molecular complexity index is 1720. The van der Waals surface area contributed by atoms with Crippen molar-refractivity contribution >= 4 is 55.1 Å². The molecule has 0 aliphatic carbocycles. The monoisotopic (exact) mass is 709 g/mol. The van der Waals surface area contributed by atoms with E-state index in [0.29, 0.717) is 27.3 Å². The second-order valence-electron chi connectivity index (χ2n) is 11.3. The summed E-state index contributed by atoms with van der Waals surface area (Å²) < 4.78 is 30.0. The van der Waals surface area contributed by atoms with Crippen LogP contribution in [0.2, 0.25) is 5.02 Å². The number of halogens is 2. The summed E-state index contributed by atoms with van der Waals surface area (Å²) in [5.41, 5.74) is 2.79. The van der Waals surface area contributed by atoms with Gasteiger partial charge in [0, 0.05) is 29.0 Å². The van der Waals surface area contributed by atoms with Gasteiger partial charge in [0.25, 0.3) is 10.0 Å². The lowest BCUT2D eigenvalue weighted by molar-refractivity contribution is -0.140. The Labute approximate surface area is 279 Å². The van der Waals surface area contributed by atoms with Crippen LogP contribution in [0.15, 0.2) is 112 Å². The molecule has 7 nitrogen and oxygen atoms in total. The lowest BCUT2D eigenvalue weighted by Crippen LogP contribution is -2.53. The van der Waals surface area contributed by atoms with Crippen LogP contribution in [0.4, 0.5) is 5.69 Å². The van der Waals surface area contributed by atoms with Gasteiger partial charge >= 0.3 is 0 Å². The highest BCUT2D eigenvalue weighted by Gasteiger charge is 2.34. The molecule has 1 atom stereocenters. The molecule has 236 valence electrons. The molecule has 0 radical (unpaired) electrons. The zero-order valence-electron chi connectivity index (χ0n) is 25.5. The van der Waals surface area contributed by atoms with Crippen LogP contribution in [0.3, 0.4) is 0 Å². The number of sulfonamides is 1. The fraction of sp³-hybridized carbons (Fsp3) is 0.257. The van der Waals surface area contributed by atoms with Crippen LogP contribution < -0.4 is 9.62 Å². The van der Waals surface area contributed by atoms with Crippen molar-refractivity contribution in [3.8, 4) is 0 Å². The predicted octanol–water partition coefficient (Wildman–Crippen LogP) is 7.02. The van der Waals surface area contributed by atoms with Gasteiger partial charge in [0.15, 0.2) is 0 Å². The van der Waals surface area contributed by atoms with Gasteiger partial charge < -0.3 is 10.2 Å². The molecule has 0 bridgehead atoms. The number of rotatable bonds is 13. The standard InChI is InChI=1S/C35H37BrClN3O4S/c1-25(2)22-38-35(42)33(20-27-9-5-4-6-10-27)39(23-28-11-7-13-30(37)19-28)34(41)24-40(31-14-8-12-29(36)21-31)45(43,44)32-17-15-26(3)16-18-32/h4-19,21,25,33H,20,22-24H2,1-3H3,(H,38,42). The molecule has 0 spiro atoms. The van der Waals surface area contributed by atoms with Crippen molar-refractivity contribution in [3.63, 3.8) is 0 Å². The number of anilines is 1.